The van der Waals surface area contributed by atoms with Crippen molar-refractivity contribution in [2.75, 3.05) is 19.7 Å². The van der Waals surface area contributed by atoms with Crippen molar-refractivity contribution in [2.45, 2.75) is 44.8 Å². The summed E-state index contributed by atoms with van der Waals surface area (Å²) in [5, 5.41) is 3.35. The normalized spacial score (nSPS) is 31.2. The molecule has 26 heavy (non-hydrogen) atoms. The van der Waals surface area contributed by atoms with Crippen LogP contribution in [0.5, 0.6) is 0 Å². The number of likely N-dealkylation sites (tertiary alicyclic amines) is 1. The van der Waals surface area contributed by atoms with Crippen LogP contribution in [0.4, 0.5) is 0 Å². The smallest absolute Gasteiger partial charge is 0.223 e. The Balaban J connectivity index is 1.36. The first-order chi connectivity index (χ1) is 12.6. The van der Waals surface area contributed by atoms with E-state index in [-0.39, 0.29) is 23.8 Å². The van der Waals surface area contributed by atoms with Gasteiger partial charge in [0.2, 0.25) is 11.8 Å². The predicted octanol–water partition coefficient (Wildman–Crippen LogP) is 2.01. The molecule has 3 aliphatic rings. The number of carbonyl (C=O) groups is 2. The SMILES string of the molecule is CC(=O)N1CCC(C(=O)N[C@@H]2[C@@H](Cc3ccccc3)[C@H]3OCC[C@@H]23)CC1. The van der Waals surface area contributed by atoms with Gasteiger partial charge in [-0.1, -0.05) is 30.3 Å². The Morgan fingerprint density at radius 2 is 1.88 bits per heavy atom. The van der Waals surface area contributed by atoms with Gasteiger partial charge >= 0.3 is 0 Å². The third kappa shape index (κ3) is 3.37. The molecule has 140 valence electrons. The summed E-state index contributed by atoms with van der Waals surface area (Å²) in [5.41, 5.74) is 1.31. The minimum Gasteiger partial charge on any atom is -0.377 e. The molecule has 2 aliphatic heterocycles. The lowest BCUT2D eigenvalue weighted by atomic mass is 9.64. The Morgan fingerprint density at radius 3 is 2.58 bits per heavy atom. The molecule has 3 fully saturated rings. The van der Waals surface area contributed by atoms with Gasteiger partial charge in [-0.25, -0.2) is 0 Å². The van der Waals surface area contributed by atoms with E-state index in [4.69, 9.17) is 4.74 Å². The molecule has 0 aromatic heterocycles. The molecule has 0 radical (unpaired) electrons. The number of benzene rings is 1. The summed E-state index contributed by atoms with van der Waals surface area (Å²) in [6, 6.07) is 10.7. The van der Waals surface area contributed by atoms with Crippen LogP contribution in [0.25, 0.3) is 0 Å². The quantitative estimate of drug-likeness (QED) is 0.898. The van der Waals surface area contributed by atoms with E-state index >= 15 is 0 Å². The highest BCUT2D eigenvalue weighted by Crippen LogP contribution is 2.45. The number of hydrogen-bond donors (Lipinski definition) is 1. The Kier molecular flexibility index (Phi) is 4.98. The number of fused-ring (bicyclic) bond motifs is 1. The fourth-order valence-corrected chi connectivity index (χ4v) is 4.91. The van der Waals surface area contributed by atoms with Crippen molar-refractivity contribution in [3.63, 3.8) is 0 Å². The monoisotopic (exact) mass is 356 g/mol. The van der Waals surface area contributed by atoms with Crippen LogP contribution in [0.2, 0.25) is 0 Å². The van der Waals surface area contributed by atoms with Gasteiger partial charge in [-0.2, -0.15) is 0 Å². The van der Waals surface area contributed by atoms with Gasteiger partial charge in [0.1, 0.15) is 0 Å². The highest BCUT2D eigenvalue weighted by atomic mass is 16.5. The van der Waals surface area contributed by atoms with Crippen molar-refractivity contribution in [1.29, 1.82) is 0 Å². The van der Waals surface area contributed by atoms with E-state index in [1.54, 1.807) is 6.92 Å². The minimum atomic E-state index is 0.0318. The maximum Gasteiger partial charge on any atom is 0.223 e. The van der Waals surface area contributed by atoms with Crippen LogP contribution in [-0.4, -0.2) is 48.6 Å². The van der Waals surface area contributed by atoms with Crippen LogP contribution in [0.3, 0.4) is 0 Å². The van der Waals surface area contributed by atoms with Gasteiger partial charge < -0.3 is 15.0 Å². The second-order valence-electron chi connectivity index (χ2n) is 7.96. The van der Waals surface area contributed by atoms with Crippen molar-refractivity contribution >= 4 is 11.8 Å². The molecule has 0 unspecified atom stereocenters. The number of rotatable bonds is 4. The molecule has 5 heteroatoms. The lowest BCUT2D eigenvalue weighted by Crippen LogP contribution is -2.63. The highest BCUT2D eigenvalue weighted by molar-refractivity contribution is 5.80. The van der Waals surface area contributed by atoms with Gasteiger partial charge in [0, 0.05) is 50.4 Å². The molecule has 2 heterocycles. The molecule has 4 rings (SSSR count). The first-order valence-electron chi connectivity index (χ1n) is 9.85. The molecule has 1 aromatic carbocycles. The fraction of sp³-hybridized carbons (Fsp3) is 0.619. The summed E-state index contributed by atoms with van der Waals surface area (Å²) < 4.78 is 5.94. The van der Waals surface area contributed by atoms with Crippen molar-refractivity contribution in [3.05, 3.63) is 35.9 Å². The predicted molar refractivity (Wildman–Crippen MR) is 98.4 cm³/mol. The van der Waals surface area contributed by atoms with Crippen LogP contribution in [-0.2, 0) is 20.7 Å². The molecule has 1 aliphatic carbocycles. The standard InChI is InChI=1S/C21H28N2O3/c1-14(24)23-10-7-16(8-11-23)21(25)22-19-17-9-12-26-20(17)18(19)13-15-5-3-2-4-6-15/h2-6,16-20H,7-13H2,1H3,(H,22,25)/t17-,18+,19-,20-/m0/s1. The number of nitrogens with zero attached hydrogens (tertiary/aromatic N) is 1. The van der Waals surface area contributed by atoms with Gasteiger partial charge in [0.25, 0.3) is 0 Å². The molecule has 0 bridgehead atoms. The topological polar surface area (TPSA) is 58.6 Å². The number of amides is 2. The zero-order chi connectivity index (χ0) is 18.1. The van der Waals surface area contributed by atoms with Gasteiger partial charge in [-0.3, -0.25) is 9.59 Å². The second-order valence-corrected chi connectivity index (χ2v) is 7.96. The van der Waals surface area contributed by atoms with Gasteiger partial charge in [-0.05, 0) is 31.2 Å². The summed E-state index contributed by atoms with van der Waals surface area (Å²) in [6.45, 7) is 3.80. The molecule has 0 spiro atoms. The van der Waals surface area contributed by atoms with Gasteiger partial charge in [0.15, 0.2) is 0 Å². The van der Waals surface area contributed by atoms with Crippen molar-refractivity contribution in [3.8, 4) is 0 Å². The number of ether oxygens (including phenoxy) is 1. The van der Waals surface area contributed by atoms with E-state index in [0.717, 1.165) is 32.3 Å². The van der Waals surface area contributed by atoms with Crippen molar-refractivity contribution in [1.82, 2.24) is 10.2 Å². The first kappa shape index (κ1) is 17.5. The molecular weight excluding hydrogens is 328 g/mol. The largest absolute Gasteiger partial charge is 0.377 e. The lowest BCUT2D eigenvalue weighted by molar-refractivity contribution is -0.136. The maximum absolute atomic E-state index is 12.8. The Bertz CT molecular complexity index is 654. The second kappa shape index (κ2) is 7.39. The lowest BCUT2D eigenvalue weighted by Gasteiger charge is -2.48. The first-order valence-corrected chi connectivity index (χ1v) is 9.85. The molecule has 4 atom stereocenters. The third-order valence-corrected chi connectivity index (χ3v) is 6.46. The number of hydrogen-bond acceptors (Lipinski definition) is 3. The Morgan fingerprint density at radius 1 is 1.15 bits per heavy atom. The summed E-state index contributed by atoms with van der Waals surface area (Å²) in [7, 11) is 0. The minimum absolute atomic E-state index is 0.0318. The van der Waals surface area contributed by atoms with E-state index in [1.165, 1.54) is 5.56 Å². The number of nitrogens with one attached hydrogen (secondary N) is 1. The zero-order valence-corrected chi connectivity index (χ0v) is 15.4. The molecule has 2 saturated heterocycles. The van der Waals surface area contributed by atoms with Crippen molar-refractivity contribution in [2.24, 2.45) is 17.8 Å². The van der Waals surface area contributed by atoms with E-state index < -0.39 is 0 Å². The summed E-state index contributed by atoms with van der Waals surface area (Å²) in [5.74, 6) is 1.14. The van der Waals surface area contributed by atoms with Crippen molar-refractivity contribution < 1.29 is 14.3 Å². The van der Waals surface area contributed by atoms with E-state index in [0.29, 0.717) is 31.0 Å². The highest BCUT2D eigenvalue weighted by Gasteiger charge is 2.54. The average Bonchev–Trinajstić information content (AvgIpc) is 3.09. The molecule has 1 aromatic rings. The fourth-order valence-electron chi connectivity index (χ4n) is 4.91. The zero-order valence-electron chi connectivity index (χ0n) is 15.4. The Labute approximate surface area is 155 Å². The average molecular weight is 356 g/mol. The van der Waals surface area contributed by atoms with Crippen LogP contribution < -0.4 is 5.32 Å². The molecular formula is C21H28N2O3. The summed E-state index contributed by atoms with van der Waals surface area (Å²) in [4.78, 5) is 26.1. The van der Waals surface area contributed by atoms with Crippen LogP contribution in [0.1, 0.15) is 31.7 Å². The molecule has 1 N–H and O–H groups in total. The van der Waals surface area contributed by atoms with Crippen LogP contribution in [0.15, 0.2) is 30.3 Å². The van der Waals surface area contributed by atoms with Gasteiger partial charge in [-0.15, -0.1) is 0 Å². The summed E-state index contributed by atoms with van der Waals surface area (Å²) in [6.07, 6.45) is 3.83. The van der Waals surface area contributed by atoms with E-state index in [1.807, 2.05) is 11.0 Å². The Hall–Kier alpha value is -1.88. The van der Waals surface area contributed by atoms with Crippen LogP contribution in [0, 0.1) is 17.8 Å². The summed E-state index contributed by atoms with van der Waals surface area (Å²) >= 11 is 0. The number of piperidine rings is 1. The number of carbonyl (C=O) groups excluding carboxylic acids is 2. The van der Waals surface area contributed by atoms with Crippen LogP contribution >= 0.6 is 0 Å². The molecule has 5 nitrogen and oxygen atoms in total. The molecule has 1 saturated carbocycles. The molecule has 2 amide bonds. The maximum atomic E-state index is 12.8. The van der Waals surface area contributed by atoms with Gasteiger partial charge in [0.05, 0.1) is 6.10 Å². The van der Waals surface area contributed by atoms with E-state index in [9.17, 15) is 9.59 Å². The third-order valence-electron chi connectivity index (χ3n) is 6.46. The van der Waals surface area contributed by atoms with E-state index in [2.05, 4.69) is 29.6 Å².